The van der Waals surface area contributed by atoms with Crippen molar-refractivity contribution in [2.75, 3.05) is 24.2 Å². The molecule has 0 atom stereocenters. The number of hydrogen-bond acceptors (Lipinski definition) is 3. The molecule has 1 heterocycles. The highest BCUT2D eigenvalue weighted by molar-refractivity contribution is 9.10. The minimum absolute atomic E-state index is 0.780. The van der Waals surface area contributed by atoms with Gasteiger partial charge >= 0.3 is 0 Å². The quantitative estimate of drug-likeness (QED) is 0.877. The summed E-state index contributed by atoms with van der Waals surface area (Å²) < 4.78 is 6.55. The number of nitrogens with two attached hydrogens (primary N) is 1. The molecule has 0 bridgehead atoms. The highest BCUT2D eigenvalue weighted by atomic mass is 79.9. The largest absolute Gasteiger partial charge is 0.466 e. The number of hydrogen-bond donors (Lipinski definition) is 1. The molecule has 1 aromatic carbocycles. The Labute approximate surface area is 116 Å². The smallest absolute Gasteiger partial charge is 0.105 e. The predicted molar refractivity (Wildman–Crippen MR) is 79.0 cm³/mol. The summed E-state index contributed by atoms with van der Waals surface area (Å²) in [5, 5.41) is 0. The first-order valence-electron chi connectivity index (χ1n) is 5.88. The Bertz CT molecular complexity index is 536. The molecule has 18 heavy (non-hydrogen) atoms. The summed E-state index contributed by atoms with van der Waals surface area (Å²) in [5.41, 5.74) is 7.82. The number of anilines is 2. The van der Waals surface area contributed by atoms with Gasteiger partial charge in [0, 0.05) is 24.5 Å². The summed E-state index contributed by atoms with van der Waals surface area (Å²) in [4.78, 5) is 2.14. The third-order valence-corrected chi connectivity index (χ3v) is 3.38. The van der Waals surface area contributed by atoms with Gasteiger partial charge in [0.1, 0.15) is 11.5 Å². The van der Waals surface area contributed by atoms with Gasteiger partial charge in [0.15, 0.2) is 0 Å². The van der Waals surface area contributed by atoms with Crippen LogP contribution in [0.4, 0.5) is 11.4 Å². The van der Waals surface area contributed by atoms with Gasteiger partial charge in [-0.05, 0) is 37.3 Å². The SMILES string of the molecule is Cc1ccc(CCN(C)c2ccc(Br)cc2N)o1. The molecule has 0 unspecified atom stereocenters. The maximum absolute atomic E-state index is 6.00. The lowest BCUT2D eigenvalue weighted by Crippen LogP contribution is -2.21. The monoisotopic (exact) mass is 308 g/mol. The molecule has 1 aromatic heterocycles. The zero-order valence-corrected chi connectivity index (χ0v) is 12.2. The van der Waals surface area contributed by atoms with Crippen LogP contribution >= 0.6 is 15.9 Å². The van der Waals surface area contributed by atoms with Crippen molar-refractivity contribution in [3.05, 3.63) is 46.3 Å². The lowest BCUT2D eigenvalue weighted by atomic mass is 10.2. The van der Waals surface area contributed by atoms with Crippen LogP contribution in [-0.4, -0.2) is 13.6 Å². The number of furan rings is 1. The number of rotatable bonds is 4. The molecular formula is C14H17BrN2O. The van der Waals surface area contributed by atoms with Crippen molar-refractivity contribution in [3.63, 3.8) is 0 Å². The summed E-state index contributed by atoms with van der Waals surface area (Å²) in [5.74, 6) is 1.96. The Morgan fingerprint density at radius 1 is 1.28 bits per heavy atom. The zero-order valence-electron chi connectivity index (χ0n) is 10.6. The van der Waals surface area contributed by atoms with Crippen molar-refractivity contribution in [1.82, 2.24) is 0 Å². The first-order valence-corrected chi connectivity index (χ1v) is 6.67. The fourth-order valence-electron chi connectivity index (χ4n) is 1.89. The van der Waals surface area contributed by atoms with Crippen LogP contribution in [-0.2, 0) is 6.42 Å². The molecule has 0 fully saturated rings. The lowest BCUT2D eigenvalue weighted by molar-refractivity contribution is 0.483. The molecule has 0 radical (unpaired) electrons. The zero-order chi connectivity index (χ0) is 13.1. The van der Waals surface area contributed by atoms with Gasteiger partial charge in [0.25, 0.3) is 0 Å². The number of likely N-dealkylation sites (N-methyl/N-ethyl adjacent to an activating group) is 1. The van der Waals surface area contributed by atoms with Gasteiger partial charge in [-0.1, -0.05) is 15.9 Å². The van der Waals surface area contributed by atoms with Gasteiger partial charge in [-0.15, -0.1) is 0 Å². The molecule has 0 aliphatic heterocycles. The van der Waals surface area contributed by atoms with E-state index in [9.17, 15) is 0 Å². The van der Waals surface area contributed by atoms with Crippen LogP contribution in [0.25, 0.3) is 0 Å². The van der Waals surface area contributed by atoms with Crippen LogP contribution in [0.15, 0.2) is 39.2 Å². The van der Waals surface area contributed by atoms with E-state index in [-0.39, 0.29) is 0 Å². The molecule has 0 saturated heterocycles. The van der Waals surface area contributed by atoms with E-state index in [1.54, 1.807) is 0 Å². The van der Waals surface area contributed by atoms with E-state index in [0.29, 0.717) is 0 Å². The van der Waals surface area contributed by atoms with E-state index in [0.717, 1.165) is 40.3 Å². The normalized spacial score (nSPS) is 10.6. The van der Waals surface area contributed by atoms with Crippen molar-refractivity contribution in [1.29, 1.82) is 0 Å². The van der Waals surface area contributed by atoms with E-state index >= 15 is 0 Å². The average molecular weight is 309 g/mol. The van der Waals surface area contributed by atoms with Gasteiger partial charge in [-0.2, -0.15) is 0 Å². The van der Waals surface area contributed by atoms with Crippen LogP contribution in [0.1, 0.15) is 11.5 Å². The molecule has 3 nitrogen and oxygen atoms in total. The van der Waals surface area contributed by atoms with Gasteiger partial charge in [-0.25, -0.2) is 0 Å². The molecule has 0 spiro atoms. The molecule has 2 N–H and O–H groups in total. The molecule has 4 heteroatoms. The Balaban J connectivity index is 2.01. The summed E-state index contributed by atoms with van der Waals surface area (Å²) in [6, 6.07) is 9.95. The van der Waals surface area contributed by atoms with Gasteiger partial charge in [0.05, 0.1) is 11.4 Å². The van der Waals surface area contributed by atoms with Crippen LogP contribution in [0.3, 0.4) is 0 Å². The third kappa shape index (κ3) is 3.07. The van der Waals surface area contributed by atoms with Crippen LogP contribution < -0.4 is 10.6 Å². The molecule has 0 saturated carbocycles. The second-order valence-electron chi connectivity index (χ2n) is 4.39. The molecule has 2 rings (SSSR count). The summed E-state index contributed by atoms with van der Waals surface area (Å²) in [7, 11) is 2.04. The summed E-state index contributed by atoms with van der Waals surface area (Å²) >= 11 is 3.41. The fourth-order valence-corrected chi connectivity index (χ4v) is 2.27. The Morgan fingerprint density at radius 3 is 2.67 bits per heavy atom. The highest BCUT2D eigenvalue weighted by Crippen LogP contribution is 2.26. The van der Waals surface area contributed by atoms with Crippen molar-refractivity contribution >= 4 is 27.3 Å². The van der Waals surface area contributed by atoms with Crippen molar-refractivity contribution in [2.45, 2.75) is 13.3 Å². The molecular weight excluding hydrogens is 292 g/mol. The van der Waals surface area contributed by atoms with Crippen molar-refractivity contribution in [2.24, 2.45) is 0 Å². The Kier molecular flexibility index (Phi) is 3.97. The van der Waals surface area contributed by atoms with Crippen molar-refractivity contribution < 1.29 is 4.42 Å². The maximum atomic E-state index is 6.00. The van der Waals surface area contributed by atoms with Crippen LogP contribution in [0.5, 0.6) is 0 Å². The predicted octanol–water partition coefficient (Wildman–Crippen LogP) is 3.61. The molecule has 96 valence electrons. The molecule has 0 aliphatic carbocycles. The fraction of sp³-hybridized carbons (Fsp3) is 0.286. The number of nitrogen functional groups attached to an aromatic ring is 1. The van der Waals surface area contributed by atoms with E-state index in [4.69, 9.17) is 10.2 Å². The van der Waals surface area contributed by atoms with Crippen LogP contribution in [0.2, 0.25) is 0 Å². The second kappa shape index (κ2) is 5.48. The van der Waals surface area contributed by atoms with E-state index in [2.05, 4.69) is 20.8 Å². The minimum atomic E-state index is 0.780. The van der Waals surface area contributed by atoms with Gasteiger partial charge in [0.2, 0.25) is 0 Å². The molecule has 0 aliphatic rings. The van der Waals surface area contributed by atoms with E-state index < -0.39 is 0 Å². The number of aryl methyl sites for hydroxylation is 1. The van der Waals surface area contributed by atoms with E-state index in [1.807, 2.05) is 44.3 Å². The topological polar surface area (TPSA) is 42.4 Å². The minimum Gasteiger partial charge on any atom is -0.466 e. The second-order valence-corrected chi connectivity index (χ2v) is 5.30. The summed E-state index contributed by atoms with van der Waals surface area (Å²) in [6.45, 7) is 2.83. The maximum Gasteiger partial charge on any atom is 0.105 e. The summed E-state index contributed by atoms with van der Waals surface area (Å²) in [6.07, 6.45) is 0.875. The number of benzene rings is 1. The van der Waals surface area contributed by atoms with Gasteiger partial charge < -0.3 is 15.1 Å². The lowest BCUT2D eigenvalue weighted by Gasteiger charge is -2.20. The van der Waals surface area contributed by atoms with E-state index in [1.165, 1.54) is 0 Å². The Morgan fingerprint density at radius 2 is 2.06 bits per heavy atom. The number of nitrogens with zero attached hydrogens (tertiary/aromatic N) is 1. The molecule has 2 aromatic rings. The average Bonchev–Trinajstić information content (AvgIpc) is 2.72. The Hall–Kier alpha value is -1.42. The highest BCUT2D eigenvalue weighted by Gasteiger charge is 2.07. The van der Waals surface area contributed by atoms with Crippen molar-refractivity contribution in [3.8, 4) is 0 Å². The van der Waals surface area contributed by atoms with Crippen LogP contribution in [0, 0.1) is 6.92 Å². The van der Waals surface area contributed by atoms with Gasteiger partial charge in [-0.3, -0.25) is 0 Å². The third-order valence-electron chi connectivity index (χ3n) is 2.89. The molecule has 0 amide bonds. The number of halogens is 1. The first kappa shape index (κ1) is 13.0. The first-order chi connectivity index (χ1) is 8.56. The standard InChI is InChI=1S/C14H17BrN2O/c1-10-3-5-12(18-10)7-8-17(2)14-6-4-11(15)9-13(14)16/h3-6,9H,7-8,16H2,1-2H3.